The van der Waals surface area contributed by atoms with E-state index in [1.807, 2.05) is 78.9 Å². The summed E-state index contributed by atoms with van der Waals surface area (Å²) in [7, 11) is -0.381. The molecule has 3 rings (SSSR count). The normalized spacial score (nSPS) is 11.9. The molecule has 0 aliphatic carbocycles. The Kier molecular flexibility index (Phi) is 4.41. The van der Waals surface area contributed by atoms with Crippen molar-refractivity contribution in [3.05, 3.63) is 78.9 Å². The van der Waals surface area contributed by atoms with E-state index >= 15 is 0 Å². The van der Waals surface area contributed by atoms with Crippen LogP contribution in [0.25, 0.3) is 11.1 Å². The molecule has 22 heavy (non-hydrogen) atoms. The summed E-state index contributed by atoms with van der Waals surface area (Å²) in [5.41, 5.74) is 2.01. The number of hydrogen-bond acceptors (Lipinski definition) is 2. The highest BCUT2D eigenvalue weighted by Gasteiger charge is 2.12. The van der Waals surface area contributed by atoms with E-state index < -0.39 is 7.80 Å². The van der Waals surface area contributed by atoms with Gasteiger partial charge in [0.2, 0.25) is 0 Å². The molecule has 2 nitrogen and oxygen atoms in total. The van der Waals surface area contributed by atoms with Gasteiger partial charge >= 0.3 is 0 Å². The Morgan fingerprint density at radius 2 is 1.55 bits per heavy atom. The second kappa shape index (κ2) is 6.64. The van der Waals surface area contributed by atoms with Crippen molar-refractivity contribution in [3.8, 4) is 16.9 Å². The maximum Gasteiger partial charge on any atom is 0.132 e. The van der Waals surface area contributed by atoms with Crippen LogP contribution in [0.1, 0.15) is 0 Å². The number of hydrogen-bond donors (Lipinski definition) is 0. The quantitative estimate of drug-likeness (QED) is 0.684. The molecule has 0 amide bonds. The van der Waals surface area contributed by atoms with Crippen LogP contribution in [0.15, 0.2) is 78.9 Å². The van der Waals surface area contributed by atoms with Crippen molar-refractivity contribution < 1.29 is 9.30 Å². The molecule has 0 aliphatic rings. The van der Waals surface area contributed by atoms with Crippen LogP contribution in [0.2, 0.25) is 0 Å². The minimum absolute atomic E-state index is 0.798. The number of benzene rings is 3. The highest BCUT2D eigenvalue weighted by Crippen LogP contribution is 2.29. The molecule has 110 valence electrons. The van der Waals surface area contributed by atoms with Gasteiger partial charge in [-0.25, -0.2) is 0 Å². The lowest BCUT2D eigenvalue weighted by Gasteiger charge is -2.11. The predicted molar refractivity (Wildman–Crippen MR) is 93.1 cm³/mol. The van der Waals surface area contributed by atoms with Crippen molar-refractivity contribution in [2.24, 2.45) is 0 Å². The SMILES string of the molecule is COc1cccc(-c2ccccc2[PH](=O)c2ccccc2)c1. The summed E-state index contributed by atoms with van der Waals surface area (Å²) >= 11 is 0. The Labute approximate surface area is 131 Å². The van der Waals surface area contributed by atoms with Gasteiger partial charge in [0.15, 0.2) is 0 Å². The van der Waals surface area contributed by atoms with Gasteiger partial charge in [0.1, 0.15) is 13.6 Å². The lowest BCUT2D eigenvalue weighted by molar-refractivity contribution is 0.415. The highest BCUT2D eigenvalue weighted by atomic mass is 31.1. The summed E-state index contributed by atoms with van der Waals surface area (Å²) in [4.78, 5) is 0. The van der Waals surface area contributed by atoms with Crippen LogP contribution in [0.4, 0.5) is 0 Å². The molecule has 0 bridgehead atoms. The smallest absolute Gasteiger partial charge is 0.132 e. The van der Waals surface area contributed by atoms with Crippen LogP contribution in [0.3, 0.4) is 0 Å². The molecule has 0 saturated heterocycles. The molecule has 0 aromatic heterocycles. The summed E-state index contributed by atoms with van der Waals surface area (Å²) in [5.74, 6) is 0.798. The van der Waals surface area contributed by atoms with E-state index in [1.165, 1.54) is 0 Å². The molecule has 0 N–H and O–H groups in total. The lowest BCUT2D eigenvalue weighted by Crippen LogP contribution is -2.09. The van der Waals surface area contributed by atoms with Crippen LogP contribution in [-0.4, -0.2) is 7.11 Å². The minimum atomic E-state index is -2.03. The summed E-state index contributed by atoms with van der Waals surface area (Å²) in [6.45, 7) is 0. The average Bonchev–Trinajstić information content (AvgIpc) is 2.62. The number of rotatable bonds is 4. The third kappa shape index (κ3) is 2.98. The van der Waals surface area contributed by atoms with Crippen molar-refractivity contribution in [1.29, 1.82) is 0 Å². The summed E-state index contributed by atoms with van der Waals surface area (Å²) in [5, 5.41) is 1.76. The topological polar surface area (TPSA) is 26.3 Å². The van der Waals surface area contributed by atoms with Gasteiger partial charge in [-0.1, -0.05) is 66.7 Å². The Bertz CT molecular complexity index is 797. The zero-order valence-electron chi connectivity index (χ0n) is 12.3. The van der Waals surface area contributed by atoms with E-state index in [2.05, 4.69) is 0 Å². The van der Waals surface area contributed by atoms with Crippen LogP contribution in [0.5, 0.6) is 5.75 Å². The third-order valence-electron chi connectivity index (χ3n) is 3.59. The first-order valence-electron chi connectivity index (χ1n) is 7.13. The molecule has 0 radical (unpaired) electrons. The Morgan fingerprint density at radius 3 is 2.32 bits per heavy atom. The molecule has 0 fully saturated rings. The van der Waals surface area contributed by atoms with E-state index in [1.54, 1.807) is 7.11 Å². The zero-order valence-corrected chi connectivity index (χ0v) is 13.3. The van der Waals surface area contributed by atoms with Gasteiger partial charge in [0.25, 0.3) is 0 Å². The maximum absolute atomic E-state index is 12.9. The molecule has 0 aliphatic heterocycles. The maximum atomic E-state index is 12.9. The predicted octanol–water partition coefficient (Wildman–Crippen LogP) is 3.87. The highest BCUT2D eigenvalue weighted by molar-refractivity contribution is 7.61. The van der Waals surface area contributed by atoms with Crippen LogP contribution >= 0.6 is 7.80 Å². The van der Waals surface area contributed by atoms with Crippen LogP contribution < -0.4 is 15.3 Å². The fourth-order valence-corrected chi connectivity index (χ4v) is 3.99. The molecule has 1 atom stereocenters. The van der Waals surface area contributed by atoms with Crippen molar-refractivity contribution in [2.75, 3.05) is 7.11 Å². The summed E-state index contributed by atoms with van der Waals surface area (Å²) < 4.78 is 18.2. The molecular weight excluding hydrogens is 291 g/mol. The standard InChI is InChI=1S/C19H17O2P/c1-21-16-9-7-8-15(14-16)18-12-5-6-13-19(18)22(20)17-10-3-2-4-11-17/h2-14,22H,1H3. The molecule has 3 aromatic carbocycles. The Balaban J connectivity index is 2.09. The first kappa shape index (κ1) is 14.6. The molecule has 3 aromatic rings. The number of ether oxygens (including phenoxy) is 1. The molecule has 0 saturated carbocycles. The molecule has 0 spiro atoms. The van der Waals surface area contributed by atoms with E-state index in [9.17, 15) is 4.57 Å². The Hall–Kier alpha value is -2.31. The molecule has 3 heteroatoms. The van der Waals surface area contributed by atoms with E-state index in [-0.39, 0.29) is 0 Å². The Morgan fingerprint density at radius 1 is 0.818 bits per heavy atom. The van der Waals surface area contributed by atoms with Crippen molar-refractivity contribution in [2.45, 2.75) is 0 Å². The van der Waals surface area contributed by atoms with Gasteiger partial charge in [-0.15, -0.1) is 0 Å². The van der Waals surface area contributed by atoms with Crippen molar-refractivity contribution >= 4 is 18.4 Å². The van der Waals surface area contributed by atoms with Crippen LogP contribution in [0, 0.1) is 0 Å². The van der Waals surface area contributed by atoms with Crippen molar-refractivity contribution in [3.63, 3.8) is 0 Å². The van der Waals surface area contributed by atoms with Crippen LogP contribution in [-0.2, 0) is 4.57 Å². The zero-order chi connectivity index (χ0) is 15.4. The van der Waals surface area contributed by atoms with E-state index in [0.717, 1.165) is 27.5 Å². The summed E-state index contributed by atoms with van der Waals surface area (Å²) in [6, 6.07) is 25.3. The molecule has 0 heterocycles. The van der Waals surface area contributed by atoms with E-state index in [4.69, 9.17) is 4.74 Å². The second-order valence-electron chi connectivity index (χ2n) is 4.97. The monoisotopic (exact) mass is 308 g/mol. The largest absolute Gasteiger partial charge is 0.497 e. The van der Waals surface area contributed by atoms with Gasteiger partial charge < -0.3 is 9.30 Å². The first-order chi connectivity index (χ1) is 10.8. The van der Waals surface area contributed by atoms with Gasteiger partial charge in [0.05, 0.1) is 7.11 Å². The average molecular weight is 308 g/mol. The van der Waals surface area contributed by atoms with E-state index in [0.29, 0.717) is 0 Å². The second-order valence-corrected chi connectivity index (χ2v) is 6.75. The van der Waals surface area contributed by atoms with Gasteiger partial charge in [-0.2, -0.15) is 0 Å². The fourth-order valence-electron chi connectivity index (χ4n) is 2.47. The fraction of sp³-hybridized carbons (Fsp3) is 0.0526. The molecular formula is C19H17O2P. The minimum Gasteiger partial charge on any atom is -0.497 e. The lowest BCUT2D eigenvalue weighted by atomic mass is 10.1. The van der Waals surface area contributed by atoms with Gasteiger partial charge in [-0.05, 0) is 23.3 Å². The van der Waals surface area contributed by atoms with Gasteiger partial charge in [-0.3, -0.25) is 0 Å². The summed E-state index contributed by atoms with van der Waals surface area (Å²) in [6.07, 6.45) is 0. The number of methoxy groups -OCH3 is 1. The van der Waals surface area contributed by atoms with Crippen molar-refractivity contribution in [1.82, 2.24) is 0 Å². The molecule has 1 unspecified atom stereocenters. The van der Waals surface area contributed by atoms with Gasteiger partial charge in [0, 0.05) is 10.6 Å². The third-order valence-corrected chi connectivity index (χ3v) is 5.37. The first-order valence-corrected chi connectivity index (χ1v) is 8.53.